The van der Waals surface area contributed by atoms with Gasteiger partial charge in [-0.1, -0.05) is 36.4 Å². The maximum absolute atomic E-state index is 13.0. The third-order valence-electron chi connectivity index (χ3n) is 4.74. The zero-order chi connectivity index (χ0) is 21.7. The molecule has 0 spiro atoms. The lowest BCUT2D eigenvalue weighted by Crippen LogP contribution is -2.41. The van der Waals surface area contributed by atoms with Crippen molar-refractivity contribution in [2.45, 2.75) is 50.7 Å². The van der Waals surface area contributed by atoms with Gasteiger partial charge >= 0.3 is 0 Å². The van der Waals surface area contributed by atoms with E-state index in [9.17, 15) is 8.42 Å². The SMILES string of the molecule is CC(C)N(C(C)C)S(=O)(=O)c1ccc(NC(c2ccccc2)c2ccccn2)nc1. The summed E-state index contributed by atoms with van der Waals surface area (Å²) >= 11 is 0. The summed E-state index contributed by atoms with van der Waals surface area (Å²) in [6.07, 6.45) is 3.17. The summed E-state index contributed by atoms with van der Waals surface area (Å²) in [4.78, 5) is 9.05. The molecule has 2 heterocycles. The molecule has 1 N–H and O–H groups in total. The molecule has 0 bridgehead atoms. The van der Waals surface area contributed by atoms with E-state index >= 15 is 0 Å². The third kappa shape index (κ3) is 4.86. The Morgan fingerprint density at radius 2 is 1.50 bits per heavy atom. The lowest BCUT2D eigenvalue weighted by Gasteiger charge is -2.29. The first-order chi connectivity index (χ1) is 14.3. The van der Waals surface area contributed by atoms with Gasteiger partial charge in [0.15, 0.2) is 0 Å². The second-order valence-electron chi connectivity index (χ2n) is 7.64. The van der Waals surface area contributed by atoms with Gasteiger partial charge in [0, 0.05) is 24.5 Å². The molecule has 0 aliphatic heterocycles. The van der Waals surface area contributed by atoms with Gasteiger partial charge in [-0.05, 0) is 57.5 Å². The number of nitrogens with zero attached hydrogens (tertiary/aromatic N) is 3. The van der Waals surface area contributed by atoms with E-state index in [2.05, 4.69) is 15.3 Å². The van der Waals surface area contributed by atoms with Gasteiger partial charge in [0.2, 0.25) is 10.0 Å². The van der Waals surface area contributed by atoms with Crippen LogP contribution in [0.1, 0.15) is 45.0 Å². The molecule has 2 aromatic heterocycles. The lowest BCUT2D eigenvalue weighted by molar-refractivity contribution is 0.302. The van der Waals surface area contributed by atoms with Crippen LogP contribution >= 0.6 is 0 Å². The average Bonchev–Trinajstić information content (AvgIpc) is 2.73. The van der Waals surface area contributed by atoms with Crippen LogP contribution in [0.5, 0.6) is 0 Å². The number of rotatable bonds is 8. The molecule has 1 unspecified atom stereocenters. The Balaban J connectivity index is 1.90. The quantitative estimate of drug-likeness (QED) is 0.577. The highest BCUT2D eigenvalue weighted by Gasteiger charge is 2.29. The second-order valence-corrected chi connectivity index (χ2v) is 9.49. The molecule has 30 heavy (non-hydrogen) atoms. The Morgan fingerprint density at radius 3 is 2.03 bits per heavy atom. The molecule has 0 amide bonds. The van der Waals surface area contributed by atoms with Crippen molar-refractivity contribution in [3.05, 3.63) is 84.3 Å². The fraction of sp³-hybridized carbons (Fsp3) is 0.304. The van der Waals surface area contributed by atoms with Crippen LogP contribution in [0.15, 0.2) is 78.0 Å². The summed E-state index contributed by atoms with van der Waals surface area (Å²) in [6.45, 7) is 7.49. The van der Waals surface area contributed by atoms with Crippen molar-refractivity contribution in [2.75, 3.05) is 5.32 Å². The molecule has 0 aliphatic carbocycles. The number of hydrogen-bond acceptors (Lipinski definition) is 5. The molecule has 6 nitrogen and oxygen atoms in total. The molecule has 1 aromatic carbocycles. The molecule has 7 heteroatoms. The zero-order valence-corrected chi connectivity index (χ0v) is 18.5. The summed E-state index contributed by atoms with van der Waals surface area (Å²) in [5.41, 5.74) is 1.90. The molecule has 158 valence electrons. The number of anilines is 1. The van der Waals surface area contributed by atoms with Gasteiger partial charge in [-0.25, -0.2) is 13.4 Å². The van der Waals surface area contributed by atoms with Crippen LogP contribution in [0, 0.1) is 0 Å². The summed E-state index contributed by atoms with van der Waals surface area (Å²) in [5, 5.41) is 3.38. The molecule has 3 rings (SSSR count). The predicted octanol–water partition coefficient (Wildman–Crippen LogP) is 4.49. The molecule has 0 saturated heterocycles. The number of pyridine rings is 2. The van der Waals surface area contributed by atoms with E-state index in [4.69, 9.17) is 0 Å². The molecule has 0 saturated carbocycles. The monoisotopic (exact) mass is 424 g/mol. The molecule has 3 aromatic rings. The van der Waals surface area contributed by atoms with E-state index in [0.29, 0.717) is 5.82 Å². The van der Waals surface area contributed by atoms with E-state index in [0.717, 1.165) is 11.3 Å². The van der Waals surface area contributed by atoms with E-state index < -0.39 is 10.0 Å². The Bertz CT molecular complexity index is 990. The van der Waals surface area contributed by atoms with Gasteiger partial charge in [0.25, 0.3) is 0 Å². The number of nitrogens with one attached hydrogen (secondary N) is 1. The van der Waals surface area contributed by atoms with Crippen LogP contribution in [0.2, 0.25) is 0 Å². The van der Waals surface area contributed by atoms with Gasteiger partial charge in [-0.15, -0.1) is 0 Å². The Morgan fingerprint density at radius 1 is 0.833 bits per heavy atom. The van der Waals surface area contributed by atoms with Crippen LogP contribution < -0.4 is 5.32 Å². The highest BCUT2D eigenvalue weighted by molar-refractivity contribution is 7.89. The summed E-state index contributed by atoms with van der Waals surface area (Å²) < 4.78 is 27.6. The first-order valence-electron chi connectivity index (χ1n) is 10.0. The summed E-state index contributed by atoms with van der Waals surface area (Å²) in [5.74, 6) is 0.578. The number of aromatic nitrogens is 2. The van der Waals surface area contributed by atoms with Crippen LogP contribution in [0.3, 0.4) is 0 Å². The molecule has 0 fully saturated rings. The van der Waals surface area contributed by atoms with Gasteiger partial charge < -0.3 is 5.32 Å². The highest BCUT2D eigenvalue weighted by atomic mass is 32.2. The molecule has 0 aliphatic rings. The van der Waals surface area contributed by atoms with E-state index in [1.165, 1.54) is 10.5 Å². The fourth-order valence-corrected chi connectivity index (χ4v) is 5.34. The van der Waals surface area contributed by atoms with Crippen molar-refractivity contribution in [1.82, 2.24) is 14.3 Å². The van der Waals surface area contributed by atoms with Crippen LogP contribution in [-0.2, 0) is 10.0 Å². The average molecular weight is 425 g/mol. The lowest BCUT2D eigenvalue weighted by atomic mass is 10.0. The maximum Gasteiger partial charge on any atom is 0.245 e. The molecule has 1 atom stereocenters. The highest BCUT2D eigenvalue weighted by Crippen LogP contribution is 2.26. The van der Waals surface area contributed by atoms with Crippen LogP contribution in [0.25, 0.3) is 0 Å². The van der Waals surface area contributed by atoms with Gasteiger partial charge in [0.05, 0.1) is 11.7 Å². The minimum absolute atomic E-state index is 0.139. The predicted molar refractivity (Wildman–Crippen MR) is 120 cm³/mol. The first kappa shape index (κ1) is 21.9. The van der Waals surface area contributed by atoms with Crippen LogP contribution in [-0.4, -0.2) is 34.8 Å². The first-order valence-corrected chi connectivity index (χ1v) is 11.5. The second kappa shape index (κ2) is 9.36. The van der Waals surface area contributed by atoms with Gasteiger partial charge in [0.1, 0.15) is 10.7 Å². The van der Waals surface area contributed by atoms with Crippen molar-refractivity contribution in [2.24, 2.45) is 0 Å². The van der Waals surface area contributed by atoms with Crippen molar-refractivity contribution >= 4 is 15.8 Å². The minimum Gasteiger partial charge on any atom is -0.358 e. The van der Waals surface area contributed by atoms with Crippen molar-refractivity contribution in [3.8, 4) is 0 Å². The normalized spacial score (nSPS) is 13.0. The summed E-state index contributed by atoms with van der Waals surface area (Å²) in [7, 11) is -3.62. The number of benzene rings is 1. The smallest absolute Gasteiger partial charge is 0.245 e. The van der Waals surface area contributed by atoms with E-state index in [1.54, 1.807) is 18.3 Å². The van der Waals surface area contributed by atoms with Gasteiger partial charge in [-0.3, -0.25) is 4.98 Å². The Labute approximate surface area is 179 Å². The van der Waals surface area contributed by atoms with Crippen molar-refractivity contribution in [1.29, 1.82) is 0 Å². The molecule has 0 radical (unpaired) electrons. The topological polar surface area (TPSA) is 75.2 Å². The number of hydrogen-bond donors (Lipinski definition) is 1. The maximum atomic E-state index is 13.0. The van der Waals surface area contributed by atoms with Crippen molar-refractivity contribution in [3.63, 3.8) is 0 Å². The Hall–Kier alpha value is -2.77. The van der Waals surface area contributed by atoms with Gasteiger partial charge in [-0.2, -0.15) is 4.31 Å². The third-order valence-corrected chi connectivity index (χ3v) is 6.97. The standard InChI is InChI=1S/C23H28N4O2S/c1-17(2)27(18(3)4)30(28,29)20-13-14-22(25-16-20)26-23(19-10-6-5-7-11-19)21-12-8-9-15-24-21/h5-18,23H,1-4H3,(H,25,26). The fourth-order valence-electron chi connectivity index (χ4n) is 3.56. The summed E-state index contributed by atoms with van der Waals surface area (Å²) in [6, 6.07) is 18.5. The Kier molecular flexibility index (Phi) is 6.84. The molecular formula is C23H28N4O2S. The van der Waals surface area contributed by atoms with Crippen LogP contribution in [0.4, 0.5) is 5.82 Å². The van der Waals surface area contributed by atoms with E-state index in [1.807, 2.05) is 76.2 Å². The van der Waals surface area contributed by atoms with E-state index in [-0.39, 0.29) is 23.0 Å². The largest absolute Gasteiger partial charge is 0.358 e. The molecular weight excluding hydrogens is 396 g/mol. The zero-order valence-electron chi connectivity index (χ0n) is 17.7. The number of sulfonamides is 1. The van der Waals surface area contributed by atoms with Crippen molar-refractivity contribution < 1.29 is 8.42 Å². The minimum atomic E-state index is -3.62.